The Bertz CT molecular complexity index is 1270. The summed E-state index contributed by atoms with van der Waals surface area (Å²) in [5.74, 6) is 12.4. The number of likely N-dealkylation sites (tertiary alicyclic amines) is 1. The van der Waals surface area contributed by atoms with E-state index >= 15 is 0 Å². The first-order valence-electron chi connectivity index (χ1n) is 11.0. The van der Waals surface area contributed by atoms with Crippen molar-refractivity contribution in [3.63, 3.8) is 0 Å². The van der Waals surface area contributed by atoms with Crippen LogP contribution in [0.25, 0.3) is 11.3 Å². The zero-order chi connectivity index (χ0) is 24.2. The zero-order valence-electron chi connectivity index (χ0n) is 19.2. The number of primary amides is 1. The van der Waals surface area contributed by atoms with Gasteiger partial charge in [0.25, 0.3) is 11.8 Å². The van der Waals surface area contributed by atoms with E-state index in [1.165, 1.54) is 4.68 Å². The molecule has 174 valence electrons. The second-order valence-electron chi connectivity index (χ2n) is 8.21. The Hall–Kier alpha value is -4.16. The molecule has 0 spiro atoms. The number of nitrogens with two attached hydrogens (primary N) is 2. The molecule has 5 N–H and O–H groups in total. The molecule has 34 heavy (non-hydrogen) atoms. The predicted octanol–water partition coefficient (Wildman–Crippen LogP) is 2.48. The number of nitrogens with one attached hydrogen (secondary N) is 1. The van der Waals surface area contributed by atoms with E-state index in [4.69, 9.17) is 16.6 Å². The lowest BCUT2D eigenvalue weighted by Crippen LogP contribution is -2.30. The van der Waals surface area contributed by atoms with E-state index in [0.717, 1.165) is 24.9 Å². The Labute approximate surface area is 198 Å². The molecule has 0 saturated carbocycles. The summed E-state index contributed by atoms with van der Waals surface area (Å²) >= 11 is 0. The van der Waals surface area contributed by atoms with Crippen LogP contribution in [0.3, 0.4) is 0 Å². The molecule has 0 unspecified atom stereocenters. The van der Waals surface area contributed by atoms with E-state index in [1.54, 1.807) is 43.5 Å². The second kappa shape index (κ2) is 9.77. The third-order valence-electron chi connectivity index (χ3n) is 5.87. The summed E-state index contributed by atoms with van der Waals surface area (Å²) in [6.07, 6.45) is 3.54. The van der Waals surface area contributed by atoms with Crippen molar-refractivity contribution in [3.8, 4) is 23.1 Å². The van der Waals surface area contributed by atoms with Gasteiger partial charge >= 0.3 is 0 Å². The molecule has 0 radical (unpaired) electrons. The van der Waals surface area contributed by atoms with Gasteiger partial charge in [-0.1, -0.05) is 24.1 Å². The maximum Gasteiger partial charge on any atom is 0.269 e. The summed E-state index contributed by atoms with van der Waals surface area (Å²) in [6, 6.07) is 10.3. The molecule has 1 fully saturated rings. The number of nitrogen functional groups attached to an aromatic ring is 1. The molecule has 0 aliphatic carbocycles. The van der Waals surface area contributed by atoms with Crippen LogP contribution in [0.1, 0.15) is 58.0 Å². The lowest BCUT2D eigenvalue weighted by Gasteiger charge is -2.21. The number of carbonyl (C=O) groups excluding carboxylic acids is 2. The number of rotatable bonds is 6. The van der Waals surface area contributed by atoms with E-state index in [0.29, 0.717) is 35.0 Å². The highest BCUT2D eigenvalue weighted by Gasteiger charge is 2.32. The molecule has 4 rings (SSSR count). The van der Waals surface area contributed by atoms with Gasteiger partial charge in [0.15, 0.2) is 5.69 Å². The number of carbonyl (C=O) groups is 2. The minimum atomic E-state index is -0.665. The topological polar surface area (TPSA) is 132 Å². The van der Waals surface area contributed by atoms with Crippen LogP contribution >= 0.6 is 0 Å². The van der Waals surface area contributed by atoms with Crippen molar-refractivity contribution in [2.75, 3.05) is 24.2 Å². The number of benzene rings is 1. The number of hydrogen-bond donors (Lipinski definition) is 3. The normalized spacial score (nSPS) is 15.5. The highest BCUT2D eigenvalue weighted by molar-refractivity contribution is 6.04. The highest BCUT2D eigenvalue weighted by atomic mass is 16.2. The molecule has 0 bridgehead atoms. The molecule has 1 aliphatic heterocycles. The van der Waals surface area contributed by atoms with Crippen molar-refractivity contribution in [2.45, 2.75) is 32.7 Å². The van der Waals surface area contributed by atoms with E-state index in [1.807, 2.05) is 13.0 Å². The van der Waals surface area contributed by atoms with Gasteiger partial charge in [-0.05, 0) is 57.0 Å². The van der Waals surface area contributed by atoms with Gasteiger partial charge in [0, 0.05) is 17.3 Å². The smallest absolute Gasteiger partial charge is 0.269 e. The van der Waals surface area contributed by atoms with Crippen molar-refractivity contribution in [3.05, 3.63) is 65.2 Å². The number of imidazole rings is 1. The number of aryl methyl sites for hydroxylation is 1. The molecule has 1 aromatic carbocycles. The summed E-state index contributed by atoms with van der Waals surface area (Å²) in [4.78, 5) is 36.0. The van der Waals surface area contributed by atoms with Crippen molar-refractivity contribution in [1.82, 2.24) is 19.5 Å². The first-order valence-corrected chi connectivity index (χ1v) is 11.0. The summed E-state index contributed by atoms with van der Waals surface area (Å²) in [7, 11) is 0. The van der Waals surface area contributed by atoms with Gasteiger partial charge in [0.05, 0.1) is 12.6 Å². The number of pyridine rings is 1. The fourth-order valence-electron chi connectivity index (χ4n) is 4.12. The van der Waals surface area contributed by atoms with Crippen molar-refractivity contribution in [1.29, 1.82) is 0 Å². The van der Waals surface area contributed by atoms with Crippen molar-refractivity contribution in [2.24, 2.45) is 5.73 Å². The maximum absolute atomic E-state index is 12.6. The molecular weight excluding hydrogens is 430 g/mol. The molecule has 1 saturated heterocycles. The SMILES string of the molecule is CC#CCN1CCC[C@H]1c1nc(-c2ccc(C(=O)Nc3ccc(C)cn3)cc2)c(C(N)=O)n1N. The van der Waals surface area contributed by atoms with Crippen LogP contribution in [0.2, 0.25) is 0 Å². The Morgan fingerprint density at radius 2 is 1.97 bits per heavy atom. The minimum absolute atomic E-state index is 0.0511. The Morgan fingerprint density at radius 1 is 1.21 bits per heavy atom. The quantitative estimate of drug-likeness (QED) is 0.385. The number of nitrogens with zero attached hydrogens (tertiary/aromatic N) is 4. The van der Waals surface area contributed by atoms with E-state index in [2.05, 4.69) is 27.0 Å². The van der Waals surface area contributed by atoms with Crippen LogP contribution in [0, 0.1) is 18.8 Å². The lowest BCUT2D eigenvalue weighted by molar-refractivity contribution is 0.0991. The summed E-state index contributed by atoms with van der Waals surface area (Å²) in [5.41, 5.74) is 8.28. The van der Waals surface area contributed by atoms with Crippen molar-refractivity contribution >= 4 is 17.6 Å². The van der Waals surface area contributed by atoms with Gasteiger partial charge in [-0.25, -0.2) is 14.6 Å². The lowest BCUT2D eigenvalue weighted by atomic mass is 10.1. The minimum Gasteiger partial charge on any atom is -0.364 e. The van der Waals surface area contributed by atoms with Crippen LogP contribution in [0.5, 0.6) is 0 Å². The molecule has 9 heteroatoms. The van der Waals surface area contributed by atoms with E-state index < -0.39 is 5.91 Å². The number of hydrogen-bond acceptors (Lipinski definition) is 6. The first kappa shape index (κ1) is 23.0. The Kier molecular flexibility index (Phi) is 6.61. The summed E-state index contributed by atoms with van der Waals surface area (Å²) in [6.45, 7) is 5.22. The van der Waals surface area contributed by atoms with E-state index in [-0.39, 0.29) is 17.6 Å². The Balaban J connectivity index is 1.61. The number of anilines is 1. The molecular formula is C25H27N7O2. The standard InChI is InChI=1S/C25H27N7O2/c1-3-4-13-31-14-5-6-19(31)24-30-21(22(23(26)33)32(24)27)17-8-10-18(11-9-17)25(34)29-20-12-7-16(2)15-28-20/h7-12,15,19H,5-6,13-14,27H2,1-2H3,(H2,26,33)(H,28,29,34)/t19-/m0/s1. The predicted molar refractivity (Wildman–Crippen MR) is 130 cm³/mol. The molecule has 2 amide bonds. The number of amides is 2. The van der Waals surface area contributed by atoms with Gasteiger partial charge < -0.3 is 16.9 Å². The van der Waals surface area contributed by atoms with Crippen LogP contribution in [0.4, 0.5) is 5.82 Å². The molecule has 1 atom stereocenters. The van der Waals surface area contributed by atoms with Crippen LogP contribution in [-0.4, -0.2) is 44.4 Å². The molecule has 9 nitrogen and oxygen atoms in total. The second-order valence-corrected chi connectivity index (χ2v) is 8.21. The third-order valence-corrected chi connectivity index (χ3v) is 5.87. The van der Waals surface area contributed by atoms with Crippen LogP contribution in [0.15, 0.2) is 42.6 Å². The maximum atomic E-state index is 12.6. The molecule has 3 aromatic rings. The van der Waals surface area contributed by atoms with Crippen LogP contribution < -0.4 is 16.9 Å². The van der Waals surface area contributed by atoms with Gasteiger partial charge in [0.2, 0.25) is 0 Å². The Morgan fingerprint density at radius 3 is 2.62 bits per heavy atom. The van der Waals surface area contributed by atoms with Gasteiger partial charge in [0.1, 0.15) is 17.3 Å². The van der Waals surface area contributed by atoms with Gasteiger partial charge in [-0.3, -0.25) is 14.5 Å². The fourth-order valence-corrected chi connectivity index (χ4v) is 4.12. The first-order chi connectivity index (χ1) is 16.4. The summed E-state index contributed by atoms with van der Waals surface area (Å²) in [5, 5.41) is 2.77. The molecule has 2 aromatic heterocycles. The molecule has 1 aliphatic rings. The zero-order valence-corrected chi connectivity index (χ0v) is 19.2. The average molecular weight is 458 g/mol. The average Bonchev–Trinajstić information content (AvgIpc) is 3.43. The third kappa shape index (κ3) is 4.63. The number of aromatic nitrogens is 3. The van der Waals surface area contributed by atoms with Gasteiger partial charge in [-0.2, -0.15) is 0 Å². The largest absolute Gasteiger partial charge is 0.364 e. The highest BCUT2D eigenvalue weighted by Crippen LogP contribution is 2.33. The summed E-state index contributed by atoms with van der Waals surface area (Å²) < 4.78 is 1.30. The van der Waals surface area contributed by atoms with Gasteiger partial charge in [-0.15, -0.1) is 5.92 Å². The fraction of sp³-hybridized carbons (Fsp3) is 0.280. The van der Waals surface area contributed by atoms with Crippen molar-refractivity contribution < 1.29 is 9.59 Å². The monoisotopic (exact) mass is 457 g/mol. The van der Waals surface area contributed by atoms with E-state index in [9.17, 15) is 9.59 Å². The van der Waals surface area contributed by atoms with Crippen LogP contribution in [-0.2, 0) is 0 Å². The molecule has 3 heterocycles.